The summed E-state index contributed by atoms with van der Waals surface area (Å²) >= 11 is 5.95. The molecule has 0 spiro atoms. The van der Waals surface area contributed by atoms with Crippen LogP contribution in [0.4, 0.5) is 0 Å². The maximum atomic E-state index is 12.6. The van der Waals surface area contributed by atoms with Gasteiger partial charge in [-0.25, -0.2) is 4.79 Å². The highest BCUT2D eigenvalue weighted by molar-refractivity contribution is 6.31. The minimum Gasteiger partial charge on any atom is -0.422 e. The molecule has 1 amide bonds. The predicted octanol–water partition coefficient (Wildman–Crippen LogP) is 3.32. The summed E-state index contributed by atoms with van der Waals surface area (Å²) in [5.41, 5.74) is 1.19. The molecule has 6 nitrogen and oxygen atoms in total. The quantitative estimate of drug-likeness (QED) is 0.680. The predicted molar refractivity (Wildman–Crippen MR) is 89.3 cm³/mol. The first kappa shape index (κ1) is 16.3. The largest absolute Gasteiger partial charge is 0.422 e. The molecule has 0 aliphatic heterocycles. The molecule has 0 fully saturated rings. The molecule has 0 atom stereocenters. The van der Waals surface area contributed by atoms with E-state index in [0.29, 0.717) is 27.4 Å². The lowest BCUT2D eigenvalue weighted by Gasteiger charge is -2.16. The van der Waals surface area contributed by atoms with Gasteiger partial charge in [0.2, 0.25) is 0 Å². The second-order valence-corrected chi connectivity index (χ2v) is 6.03. The number of rotatable bonds is 3. The van der Waals surface area contributed by atoms with Crippen LogP contribution in [0.5, 0.6) is 0 Å². The van der Waals surface area contributed by atoms with Gasteiger partial charge in [-0.1, -0.05) is 16.8 Å². The van der Waals surface area contributed by atoms with Gasteiger partial charge >= 0.3 is 5.63 Å². The fourth-order valence-electron chi connectivity index (χ4n) is 2.49. The van der Waals surface area contributed by atoms with E-state index in [4.69, 9.17) is 20.5 Å². The summed E-state index contributed by atoms with van der Waals surface area (Å²) in [6.45, 7) is 3.86. The normalized spacial score (nSPS) is 11.0. The van der Waals surface area contributed by atoms with Crippen molar-refractivity contribution in [2.24, 2.45) is 0 Å². The maximum absolute atomic E-state index is 12.6. The van der Waals surface area contributed by atoms with Crippen molar-refractivity contribution in [1.82, 2.24) is 10.1 Å². The van der Waals surface area contributed by atoms with Crippen LogP contribution in [0, 0.1) is 13.8 Å². The molecular weight excluding hydrogens is 332 g/mol. The molecule has 2 heterocycles. The van der Waals surface area contributed by atoms with Gasteiger partial charge in [-0.3, -0.25) is 4.79 Å². The Kier molecular flexibility index (Phi) is 4.15. The first-order chi connectivity index (χ1) is 11.4. The number of amides is 1. The van der Waals surface area contributed by atoms with Crippen molar-refractivity contribution in [3.05, 3.63) is 62.3 Å². The van der Waals surface area contributed by atoms with Gasteiger partial charge in [0.25, 0.3) is 5.91 Å². The Labute approximate surface area is 142 Å². The smallest absolute Gasteiger partial charge is 0.349 e. The van der Waals surface area contributed by atoms with E-state index in [1.807, 2.05) is 0 Å². The first-order valence-electron chi connectivity index (χ1n) is 7.27. The molecule has 0 N–H and O–H groups in total. The number of benzene rings is 1. The molecule has 124 valence electrons. The number of fused-ring (bicyclic) bond motifs is 1. The summed E-state index contributed by atoms with van der Waals surface area (Å²) < 4.78 is 10.3. The second-order valence-electron chi connectivity index (χ2n) is 5.59. The highest BCUT2D eigenvalue weighted by atomic mass is 35.5. The summed E-state index contributed by atoms with van der Waals surface area (Å²) in [6, 6.07) is 6.36. The number of nitrogens with zero attached hydrogens (tertiary/aromatic N) is 2. The molecule has 1 aromatic carbocycles. The minimum absolute atomic E-state index is 0.0426. The Bertz CT molecular complexity index is 970. The van der Waals surface area contributed by atoms with Gasteiger partial charge in [0, 0.05) is 23.0 Å². The Morgan fingerprint density at radius 1 is 1.29 bits per heavy atom. The molecule has 24 heavy (non-hydrogen) atoms. The summed E-state index contributed by atoms with van der Waals surface area (Å²) in [5.74, 6) is 0.204. The molecule has 0 unspecified atom stereocenters. The molecule has 0 aliphatic carbocycles. The molecule has 2 aromatic heterocycles. The topological polar surface area (TPSA) is 76.6 Å². The zero-order valence-corrected chi connectivity index (χ0v) is 14.2. The number of aryl methyl sites for hydroxylation is 2. The molecule has 3 rings (SSSR count). The Balaban J connectivity index is 1.95. The molecule has 3 aromatic rings. The van der Waals surface area contributed by atoms with E-state index in [-0.39, 0.29) is 12.1 Å². The van der Waals surface area contributed by atoms with E-state index >= 15 is 0 Å². The average molecular weight is 347 g/mol. The van der Waals surface area contributed by atoms with Crippen LogP contribution in [0.1, 0.15) is 27.4 Å². The van der Waals surface area contributed by atoms with Crippen molar-refractivity contribution in [2.45, 2.75) is 20.4 Å². The fourth-order valence-corrected chi connectivity index (χ4v) is 2.67. The minimum atomic E-state index is -0.680. The van der Waals surface area contributed by atoms with E-state index in [1.165, 1.54) is 11.0 Å². The highest BCUT2D eigenvalue weighted by Crippen LogP contribution is 2.20. The fraction of sp³-hybridized carbons (Fsp3) is 0.235. The van der Waals surface area contributed by atoms with Gasteiger partial charge in [-0.2, -0.15) is 0 Å². The van der Waals surface area contributed by atoms with Crippen LogP contribution in [0.3, 0.4) is 0 Å². The van der Waals surface area contributed by atoms with Crippen molar-refractivity contribution in [3.63, 3.8) is 0 Å². The summed E-state index contributed by atoms with van der Waals surface area (Å²) in [5, 5.41) is 4.95. The van der Waals surface area contributed by atoms with Crippen LogP contribution in [-0.2, 0) is 6.54 Å². The van der Waals surface area contributed by atoms with Gasteiger partial charge in [0.05, 0.1) is 12.2 Å². The van der Waals surface area contributed by atoms with Gasteiger partial charge in [-0.15, -0.1) is 0 Å². The molecule has 0 radical (unpaired) electrons. The van der Waals surface area contributed by atoms with E-state index in [2.05, 4.69) is 5.16 Å². The van der Waals surface area contributed by atoms with Crippen molar-refractivity contribution < 1.29 is 13.7 Å². The first-order valence-corrected chi connectivity index (χ1v) is 7.65. The van der Waals surface area contributed by atoms with Crippen molar-refractivity contribution in [2.75, 3.05) is 7.05 Å². The van der Waals surface area contributed by atoms with Crippen molar-refractivity contribution in [1.29, 1.82) is 0 Å². The van der Waals surface area contributed by atoms with E-state index in [0.717, 1.165) is 5.56 Å². The van der Waals surface area contributed by atoms with Gasteiger partial charge in [0.15, 0.2) is 0 Å². The van der Waals surface area contributed by atoms with Gasteiger partial charge < -0.3 is 13.8 Å². The monoisotopic (exact) mass is 346 g/mol. The molecule has 0 saturated heterocycles. The lowest BCUT2D eigenvalue weighted by atomic mass is 10.1. The number of hydrogen-bond donors (Lipinski definition) is 0. The average Bonchev–Trinajstić information content (AvgIpc) is 2.85. The zero-order chi connectivity index (χ0) is 17.4. The van der Waals surface area contributed by atoms with Gasteiger partial charge in [0.1, 0.15) is 16.9 Å². The van der Waals surface area contributed by atoms with E-state index in [9.17, 15) is 9.59 Å². The van der Waals surface area contributed by atoms with E-state index in [1.54, 1.807) is 39.1 Å². The SMILES string of the molecule is Cc1noc(C)c1CN(C)C(=O)c1cc2cc(Cl)ccc2oc1=O. The number of carbonyl (C=O) groups is 1. The van der Waals surface area contributed by atoms with Crippen LogP contribution in [0.25, 0.3) is 11.0 Å². The lowest BCUT2D eigenvalue weighted by molar-refractivity contribution is 0.0780. The summed E-state index contributed by atoms with van der Waals surface area (Å²) in [4.78, 5) is 26.2. The maximum Gasteiger partial charge on any atom is 0.349 e. The third-order valence-corrected chi connectivity index (χ3v) is 4.08. The molecule has 0 aliphatic rings. The number of hydrogen-bond acceptors (Lipinski definition) is 5. The Hall–Kier alpha value is -2.60. The van der Waals surface area contributed by atoms with Crippen LogP contribution >= 0.6 is 11.6 Å². The second kappa shape index (κ2) is 6.13. The van der Waals surface area contributed by atoms with Crippen LogP contribution in [0.15, 0.2) is 38.0 Å². The van der Waals surface area contributed by atoms with Crippen LogP contribution < -0.4 is 5.63 Å². The van der Waals surface area contributed by atoms with Gasteiger partial charge in [-0.05, 0) is 38.1 Å². The Morgan fingerprint density at radius 2 is 2.04 bits per heavy atom. The van der Waals surface area contributed by atoms with Crippen molar-refractivity contribution >= 4 is 28.5 Å². The third-order valence-electron chi connectivity index (χ3n) is 3.85. The van der Waals surface area contributed by atoms with Crippen LogP contribution in [-0.4, -0.2) is 23.0 Å². The third kappa shape index (κ3) is 2.92. The standard InChI is InChI=1S/C17H15ClN2O4/c1-9-14(10(2)24-19-9)8-20(3)16(21)13-7-11-6-12(18)4-5-15(11)23-17(13)22/h4-7H,8H2,1-3H3. The van der Waals surface area contributed by atoms with E-state index < -0.39 is 11.5 Å². The lowest BCUT2D eigenvalue weighted by Crippen LogP contribution is -2.30. The molecule has 0 saturated carbocycles. The molecule has 7 heteroatoms. The zero-order valence-electron chi connectivity index (χ0n) is 13.4. The number of carbonyl (C=O) groups excluding carboxylic acids is 1. The van der Waals surface area contributed by atoms with Crippen LogP contribution in [0.2, 0.25) is 5.02 Å². The van der Waals surface area contributed by atoms with Crippen molar-refractivity contribution in [3.8, 4) is 0 Å². The number of halogens is 1. The Morgan fingerprint density at radius 3 is 2.71 bits per heavy atom. The number of aromatic nitrogens is 1. The molecular formula is C17H15ClN2O4. The summed E-state index contributed by atoms with van der Waals surface area (Å²) in [7, 11) is 1.61. The molecule has 0 bridgehead atoms. The summed E-state index contributed by atoms with van der Waals surface area (Å²) in [6.07, 6.45) is 0. The highest BCUT2D eigenvalue weighted by Gasteiger charge is 2.20.